The van der Waals surface area contributed by atoms with Crippen molar-refractivity contribution in [2.75, 3.05) is 64.5 Å². The number of piperidine rings is 1. The molecule has 0 bridgehead atoms. The van der Waals surface area contributed by atoms with Crippen LogP contribution in [-0.4, -0.2) is 86.2 Å². The minimum absolute atomic E-state index is 0.165. The van der Waals surface area contributed by atoms with Crippen LogP contribution in [0.3, 0.4) is 0 Å². The zero-order chi connectivity index (χ0) is 17.2. The van der Waals surface area contributed by atoms with E-state index in [1.165, 1.54) is 0 Å². The van der Waals surface area contributed by atoms with Crippen LogP contribution in [0.4, 0.5) is 0 Å². The second-order valence-electron chi connectivity index (χ2n) is 6.28. The van der Waals surface area contributed by atoms with E-state index in [1.807, 2.05) is 16.7 Å². The Bertz CT molecular complexity index is 405. The monoisotopic (exact) mass is 356 g/mol. The smallest absolute Gasteiger partial charge is 0.225 e. The van der Waals surface area contributed by atoms with Gasteiger partial charge >= 0.3 is 0 Å². The van der Waals surface area contributed by atoms with Gasteiger partial charge in [-0.15, -0.1) is 0 Å². The summed E-state index contributed by atoms with van der Waals surface area (Å²) >= 11 is 1.86. The molecule has 0 radical (unpaired) electrons. The van der Waals surface area contributed by atoms with Gasteiger partial charge in [-0.05, 0) is 38.2 Å². The van der Waals surface area contributed by atoms with Crippen LogP contribution in [-0.2, 0) is 9.53 Å². The highest BCUT2D eigenvalue weighted by Gasteiger charge is 2.30. The molecule has 0 aromatic carbocycles. The Morgan fingerprint density at radius 3 is 2.54 bits per heavy atom. The number of carbonyl (C=O) groups excluding carboxylic acids is 1. The summed E-state index contributed by atoms with van der Waals surface area (Å²) in [6.45, 7) is 8.53. The Hall–Kier alpha value is -0.950. The fourth-order valence-corrected chi connectivity index (χ4v) is 3.62. The lowest BCUT2D eigenvalue weighted by Gasteiger charge is -2.36. The van der Waals surface area contributed by atoms with Gasteiger partial charge in [0.05, 0.1) is 13.2 Å². The zero-order valence-electron chi connectivity index (χ0n) is 15.1. The highest BCUT2D eigenvalue weighted by molar-refractivity contribution is 7.98. The second kappa shape index (κ2) is 10.8. The molecule has 6 nitrogen and oxygen atoms in total. The van der Waals surface area contributed by atoms with E-state index in [0.717, 1.165) is 70.2 Å². The second-order valence-corrected chi connectivity index (χ2v) is 7.27. The van der Waals surface area contributed by atoms with Gasteiger partial charge in [0.2, 0.25) is 5.91 Å². The molecule has 2 saturated heterocycles. The van der Waals surface area contributed by atoms with Crippen LogP contribution in [0.25, 0.3) is 0 Å². The van der Waals surface area contributed by atoms with Gasteiger partial charge in [0.15, 0.2) is 5.96 Å². The number of ether oxygens (including phenoxy) is 1. The summed E-state index contributed by atoms with van der Waals surface area (Å²) in [5, 5.41) is 3.39. The molecule has 0 aromatic heterocycles. The van der Waals surface area contributed by atoms with Crippen molar-refractivity contribution in [3.63, 3.8) is 0 Å². The predicted molar refractivity (Wildman–Crippen MR) is 101 cm³/mol. The maximum absolute atomic E-state index is 12.6. The molecule has 0 atom stereocenters. The van der Waals surface area contributed by atoms with Gasteiger partial charge in [-0.1, -0.05) is 0 Å². The largest absolute Gasteiger partial charge is 0.378 e. The van der Waals surface area contributed by atoms with Crippen LogP contribution in [0.1, 0.15) is 26.2 Å². The average molecular weight is 357 g/mol. The number of thioether (sulfide) groups is 1. The van der Waals surface area contributed by atoms with Crippen molar-refractivity contribution >= 4 is 23.6 Å². The number of likely N-dealkylation sites (tertiary alicyclic amines) is 1. The van der Waals surface area contributed by atoms with Gasteiger partial charge in [0.1, 0.15) is 0 Å². The van der Waals surface area contributed by atoms with Crippen LogP contribution in [0.5, 0.6) is 0 Å². The quantitative estimate of drug-likeness (QED) is 0.441. The molecule has 138 valence electrons. The summed E-state index contributed by atoms with van der Waals surface area (Å²) in [5.41, 5.74) is 0. The fraction of sp³-hybridized carbons (Fsp3) is 0.882. The first-order chi connectivity index (χ1) is 11.8. The van der Waals surface area contributed by atoms with Gasteiger partial charge in [-0.3, -0.25) is 9.79 Å². The molecular weight excluding hydrogens is 324 g/mol. The summed E-state index contributed by atoms with van der Waals surface area (Å²) in [7, 11) is 0. The Morgan fingerprint density at radius 1 is 1.21 bits per heavy atom. The SMILES string of the molecule is CCNC(=NCCCSC)N1CCC(C(=O)N2CCOCC2)CC1. The third kappa shape index (κ3) is 5.84. The highest BCUT2D eigenvalue weighted by atomic mass is 32.2. The van der Waals surface area contributed by atoms with E-state index in [-0.39, 0.29) is 5.92 Å². The van der Waals surface area contributed by atoms with Crippen LogP contribution >= 0.6 is 11.8 Å². The van der Waals surface area contributed by atoms with Crippen LogP contribution in [0.2, 0.25) is 0 Å². The predicted octanol–water partition coefficient (Wildman–Crippen LogP) is 1.28. The van der Waals surface area contributed by atoms with E-state index in [9.17, 15) is 4.79 Å². The molecule has 0 unspecified atom stereocenters. The van der Waals surface area contributed by atoms with Gasteiger partial charge in [-0.2, -0.15) is 11.8 Å². The Labute approximate surface area is 150 Å². The van der Waals surface area contributed by atoms with E-state index in [2.05, 4.69) is 23.4 Å². The Balaban J connectivity index is 1.81. The van der Waals surface area contributed by atoms with E-state index >= 15 is 0 Å². The molecule has 1 amide bonds. The highest BCUT2D eigenvalue weighted by Crippen LogP contribution is 2.20. The molecule has 0 saturated carbocycles. The molecule has 1 N–H and O–H groups in total. The number of aliphatic imine (C=N–C) groups is 1. The first-order valence-corrected chi connectivity index (χ1v) is 10.5. The van der Waals surface area contributed by atoms with Gasteiger partial charge in [0, 0.05) is 45.2 Å². The molecule has 2 heterocycles. The molecule has 0 aromatic rings. The van der Waals surface area contributed by atoms with Crippen LogP contribution in [0, 0.1) is 5.92 Å². The number of guanidine groups is 1. The molecule has 0 spiro atoms. The fourth-order valence-electron chi connectivity index (χ4n) is 3.20. The average Bonchev–Trinajstić information content (AvgIpc) is 2.64. The number of rotatable bonds is 6. The molecule has 2 aliphatic rings. The van der Waals surface area contributed by atoms with Crippen molar-refractivity contribution in [2.24, 2.45) is 10.9 Å². The number of amides is 1. The molecule has 2 fully saturated rings. The normalized spacial score (nSPS) is 20.3. The van der Waals surface area contributed by atoms with Crippen molar-refractivity contribution in [3.8, 4) is 0 Å². The third-order valence-electron chi connectivity index (χ3n) is 4.57. The van der Waals surface area contributed by atoms with Gasteiger partial charge < -0.3 is 19.9 Å². The van der Waals surface area contributed by atoms with E-state index in [4.69, 9.17) is 9.73 Å². The van der Waals surface area contributed by atoms with Crippen LogP contribution < -0.4 is 5.32 Å². The van der Waals surface area contributed by atoms with Crippen molar-refractivity contribution in [3.05, 3.63) is 0 Å². The third-order valence-corrected chi connectivity index (χ3v) is 5.27. The first-order valence-electron chi connectivity index (χ1n) is 9.15. The standard InChI is InChI=1S/C17H32N4O2S/c1-3-18-17(19-7-4-14-24-2)21-8-5-15(6-9-21)16(22)20-10-12-23-13-11-20/h15H,3-14H2,1-2H3,(H,18,19). The lowest BCUT2D eigenvalue weighted by Crippen LogP contribution is -2.50. The lowest BCUT2D eigenvalue weighted by atomic mass is 9.95. The number of nitrogens with one attached hydrogen (secondary N) is 1. The van der Waals surface area contributed by atoms with Crippen molar-refractivity contribution in [1.29, 1.82) is 0 Å². The maximum Gasteiger partial charge on any atom is 0.225 e. The van der Waals surface area contributed by atoms with Crippen molar-refractivity contribution in [2.45, 2.75) is 26.2 Å². The molecule has 7 heteroatoms. The van der Waals surface area contributed by atoms with Crippen molar-refractivity contribution in [1.82, 2.24) is 15.1 Å². The number of hydrogen-bond donors (Lipinski definition) is 1. The minimum atomic E-state index is 0.165. The molecule has 0 aliphatic carbocycles. The van der Waals surface area contributed by atoms with Crippen molar-refractivity contribution < 1.29 is 9.53 Å². The summed E-state index contributed by atoms with van der Waals surface area (Å²) in [6, 6.07) is 0. The summed E-state index contributed by atoms with van der Waals surface area (Å²) < 4.78 is 5.34. The summed E-state index contributed by atoms with van der Waals surface area (Å²) in [6.07, 6.45) is 5.09. The molecule has 24 heavy (non-hydrogen) atoms. The minimum Gasteiger partial charge on any atom is -0.378 e. The van der Waals surface area contributed by atoms with E-state index < -0.39 is 0 Å². The molecular formula is C17H32N4O2S. The zero-order valence-corrected chi connectivity index (χ0v) is 15.9. The number of hydrogen-bond acceptors (Lipinski definition) is 4. The summed E-state index contributed by atoms with van der Waals surface area (Å²) in [5.74, 6) is 2.65. The topological polar surface area (TPSA) is 57.2 Å². The Morgan fingerprint density at radius 2 is 1.92 bits per heavy atom. The molecule has 2 rings (SSSR count). The van der Waals surface area contributed by atoms with E-state index in [0.29, 0.717) is 19.1 Å². The molecule has 2 aliphatic heterocycles. The number of carbonyl (C=O) groups is 1. The number of nitrogens with zero attached hydrogens (tertiary/aromatic N) is 3. The Kier molecular flexibility index (Phi) is 8.74. The first kappa shape index (κ1) is 19.4. The van der Waals surface area contributed by atoms with E-state index in [1.54, 1.807) is 0 Å². The lowest BCUT2D eigenvalue weighted by molar-refractivity contribution is -0.140. The van der Waals surface area contributed by atoms with Gasteiger partial charge in [-0.25, -0.2) is 0 Å². The van der Waals surface area contributed by atoms with Crippen LogP contribution in [0.15, 0.2) is 4.99 Å². The number of morpholine rings is 1. The summed E-state index contributed by atoms with van der Waals surface area (Å²) in [4.78, 5) is 21.6. The maximum atomic E-state index is 12.6. The van der Waals surface area contributed by atoms with Gasteiger partial charge in [0.25, 0.3) is 0 Å².